The number of carbonyl (C=O) groups is 1. The van der Waals surface area contributed by atoms with Crippen LogP contribution in [0.5, 0.6) is 5.75 Å². The van der Waals surface area contributed by atoms with Gasteiger partial charge in [-0.1, -0.05) is 12.6 Å². The number of halogens is 6. The lowest BCUT2D eigenvalue weighted by Crippen LogP contribution is -2.50. The van der Waals surface area contributed by atoms with Crippen molar-refractivity contribution in [3.8, 4) is 11.4 Å². The molecule has 1 amide bonds. The highest BCUT2D eigenvalue weighted by Gasteiger charge is 2.41. The van der Waals surface area contributed by atoms with Crippen molar-refractivity contribution in [3.05, 3.63) is 69.7 Å². The van der Waals surface area contributed by atoms with E-state index in [2.05, 4.69) is 22.3 Å². The summed E-state index contributed by atoms with van der Waals surface area (Å²) >= 11 is 4.34. The zero-order valence-electron chi connectivity index (χ0n) is 17.1. The average molecular weight is 503 g/mol. The summed E-state index contributed by atoms with van der Waals surface area (Å²) < 4.78 is 89.7. The SMILES string of the molecule is Cc1cn(-c2ccc3n(c2=O)CCN(CC(F)(F)Oc2c(F)c(F)c(F)c(F)c2[S])C3=O)cn1. The molecule has 0 saturated heterocycles. The van der Waals surface area contributed by atoms with Gasteiger partial charge in [0.1, 0.15) is 22.8 Å². The minimum Gasteiger partial charge on any atom is -0.426 e. The Morgan fingerprint density at radius 1 is 1.06 bits per heavy atom. The average Bonchev–Trinajstić information content (AvgIpc) is 3.22. The monoisotopic (exact) mass is 503 g/mol. The third kappa shape index (κ3) is 3.97. The van der Waals surface area contributed by atoms with E-state index in [4.69, 9.17) is 0 Å². The second-order valence-electron chi connectivity index (χ2n) is 7.36. The third-order valence-corrected chi connectivity index (χ3v) is 5.42. The lowest BCUT2D eigenvalue weighted by Gasteiger charge is -2.32. The molecule has 1 aliphatic rings. The second kappa shape index (κ2) is 8.34. The molecule has 3 aromatic rings. The highest BCUT2D eigenvalue weighted by molar-refractivity contribution is 7.80. The van der Waals surface area contributed by atoms with Crippen LogP contribution in [0.1, 0.15) is 16.2 Å². The van der Waals surface area contributed by atoms with Crippen molar-refractivity contribution in [2.45, 2.75) is 24.5 Å². The number of alkyl halides is 2. The Morgan fingerprint density at radius 2 is 1.74 bits per heavy atom. The Morgan fingerprint density at radius 3 is 2.38 bits per heavy atom. The number of carbonyl (C=O) groups excluding carboxylic acids is 1. The first-order chi connectivity index (χ1) is 15.9. The molecule has 0 atom stereocenters. The molecule has 3 heterocycles. The van der Waals surface area contributed by atoms with E-state index in [1.165, 1.54) is 23.0 Å². The van der Waals surface area contributed by atoms with Gasteiger partial charge in [-0.05, 0) is 19.1 Å². The van der Waals surface area contributed by atoms with Gasteiger partial charge in [0, 0.05) is 19.3 Å². The molecule has 7 nitrogen and oxygen atoms in total. The minimum absolute atomic E-state index is 0.155. The van der Waals surface area contributed by atoms with E-state index in [0.717, 1.165) is 4.57 Å². The zero-order chi connectivity index (χ0) is 24.9. The molecule has 1 aromatic carbocycles. The molecule has 34 heavy (non-hydrogen) atoms. The van der Waals surface area contributed by atoms with Crippen LogP contribution < -0.4 is 10.3 Å². The number of fused-ring (bicyclic) bond motifs is 1. The van der Waals surface area contributed by atoms with Gasteiger partial charge in [-0.15, -0.1) is 0 Å². The Bertz CT molecular complexity index is 1340. The maximum Gasteiger partial charge on any atom is 0.416 e. The van der Waals surface area contributed by atoms with Crippen molar-refractivity contribution < 1.29 is 35.9 Å². The van der Waals surface area contributed by atoms with E-state index in [-0.39, 0.29) is 24.5 Å². The quantitative estimate of drug-likeness (QED) is 0.303. The number of aryl methyl sites for hydroxylation is 1. The number of nitrogens with zero attached hydrogens (tertiary/aromatic N) is 4. The van der Waals surface area contributed by atoms with Crippen LogP contribution in [0, 0.1) is 30.2 Å². The fraction of sp³-hybridized carbons (Fsp3) is 0.250. The smallest absolute Gasteiger partial charge is 0.416 e. The number of amides is 1. The van der Waals surface area contributed by atoms with Crippen LogP contribution in [0.2, 0.25) is 0 Å². The molecule has 0 saturated carbocycles. The first-order valence-electron chi connectivity index (χ1n) is 9.55. The fourth-order valence-electron chi connectivity index (χ4n) is 3.45. The van der Waals surface area contributed by atoms with Gasteiger partial charge in [0.2, 0.25) is 11.6 Å². The van der Waals surface area contributed by atoms with Gasteiger partial charge in [-0.2, -0.15) is 13.2 Å². The highest BCUT2D eigenvalue weighted by Crippen LogP contribution is 2.36. The molecular weight excluding hydrogens is 490 g/mol. The molecule has 1 aliphatic heterocycles. The van der Waals surface area contributed by atoms with Gasteiger partial charge < -0.3 is 18.8 Å². The van der Waals surface area contributed by atoms with Gasteiger partial charge in [-0.25, -0.2) is 18.2 Å². The van der Waals surface area contributed by atoms with Crippen molar-refractivity contribution in [3.63, 3.8) is 0 Å². The van der Waals surface area contributed by atoms with Crippen LogP contribution >= 0.6 is 12.6 Å². The van der Waals surface area contributed by atoms with Crippen molar-refractivity contribution in [2.24, 2.45) is 0 Å². The minimum atomic E-state index is -4.36. The van der Waals surface area contributed by atoms with E-state index in [0.29, 0.717) is 10.6 Å². The maximum atomic E-state index is 14.5. The molecule has 179 valence electrons. The summed E-state index contributed by atoms with van der Waals surface area (Å²) in [7, 11) is 0. The Hall–Kier alpha value is -3.55. The van der Waals surface area contributed by atoms with Crippen LogP contribution in [-0.4, -0.2) is 44.1 Å². The predicted octanol–water partition coefficient (Wildman–Crippen LogP) is 3.58. The molecule has 4 rings (SSSR count). The highest BCUT2D eigenvalue weighted by atomic mass is 32.1. The molecule has 2 aromatic heterocycles. The topological polar surface area (TPSA) is 69.4 Å². The van der Waals surface area contributed by atoms with E-state index in [1.54, 1.807) is 13.1 Å². The molecule has 0 fully saturated rings. The zero-order valence-corrected chi connectivity index (χ0v) is 17.9. The maximum absolute atomic E-state index is 14.5. The lowest BCUT2D eigenvalue weighted by atomic mass is 10.2. The number of ether oxygens (including phenoxy) is 1. The van der Waals surface area contributed by atoms with Crippen molar-refractivity contribution in [2.75, 3.05) is 13.1 Å². The van der Waals surface area contributed by atoms with Crippen LogP contribution in [0.25, 0.3) is 5.69 Å². The molecular formula is C20H13F6N4O3S. The first-order valence-corrected chi connectivity index (χ1v) is 9.96. The first kappa shape index (κ1) is 23.6. The van der Waals surface area contributed by atoms with Crippen LogP contribution in [-0.2, 0) is 6.54 Å². The van der Waals surface area contributed by atoms with Gasteiger partial charge in [0.05, 0.1) is 12.0 Å². The number of hydrogen-bond donors (Lipinski definition) is 0. The van der Waals surface area contributed by atoms with Gasteiger partial charge in [-0.3, -0.25) is 9.59 Å². The summed E-state index contributed by atoms with van der Waals surface area (Å²) in [5.74, 6) is -11.6. The van der Waals surface area contributed by atoms with E-state index >= 15 is 0 Å². The van der Waals surface area contributed by atoms with Gasteiger partial charge in [0.15, 0.2) is 17.4 Å². The Kier molecular flexibility index (Phi) is 5.79. The predicted molar refractivity (Wildman–Crippen MR) is 106 cm³/mol. The number of rotatable bonds is 5. The number of pyridine rings is 1. The summed E-state index contributed by atoms with van der Waals surface area (Å²) in [6, 6.07) is 2.60. The molecule has 0 spiro atoms. The number of aromatic nitrogens is 3. The third-order valence-electron chi connectivity index (χ3n) is 5.05. The van der Waals surface area contributed by atoms with Crippen molar-refractivity contribution in [1.29, 1.82) is 0 Å². The summed E-state index contributed by atoms with van der Waals surface area (Å²) in [6.45, 7) is -0.257. The number of hydrogen-bond acceptors (Lipinski definition) is 4. The largest absolute Gasteiger partial charge is 0.426 e. The van der Waals surface area contributed by atoms with E-state index in [1.807, 2.05) is 0 Å². The molecule has 0 aliphatic carbocycles. The Balaban J connectivity index is 1.58. The molecule has 0 unspecified atom stereocenters. The second-order valence-corrected chi connectivity index (χ2v) is 7.77. The summed E-state index contributed by atoms with van der Waals surface area (Å²) in [5.41, 5.74) is 0.0851. The van der Waals surface area contributed by atoms with E-state index in [9.17, 15) is 35.9 Å². The number of imidazole rings is 1. The van der Waals surface area contributed by atoms with Crippen LogP contribution in [0.15, 0.2) is 34.3 Å². The summed E-state index contributed by atoms with van der Waals surface area (Å²) in [6.07, 6.45) is -1.37. The standard InChI is InChI=1S/C20H13F6N4O3S/c1-9-6-29(8-27-9)10-2-3-11-18(31)28(4-5-30(11)19(10)32)7-20(25,26)33-16-14(23)12(21)13(22)15(24)17(16)34/h2-3,6,8H,4-5,7H2,1H3. The van der Waals surface area contributed by atoms with Gasteiger partial charge in [0.25, 0.3) is 11.5 Å². The molecule has 0 bridgehead atoms. The lowest BCUT2D eigenvalue weighted by molar-refractivity contribution is -0.187. The molecule has 1 radical (unpaired) electrons. The van der Waals surface area contributed by atoms with Crippen molar-refractivity contribution in [1.82, 2.24) is 19.0 Å². The van der Waals surface area contributed by atoms with Crippen LogP contribution in [0.4, 0.5) is 26.3 Å². The Labute approximate surface area is 192 Å². The van der Waals surface area contributed by atoms with Crippen molar-refractivity contribution >= 4 is 18.5 Å². The van der Waals surface area contributed by atoms with E-state index < -0.39 is 58.0 Å². The molecule has 0 N–H and O–H groups in total. The van der Waals surface area contributed by atoms with Crippen LogP contribution in [0.3, 0.4) is 0 Å². The number of benzene rings is 1. The van der Waals surface area contributed by atoms with Gasteiger partial charge >= 0.3 is 6.11 Å². The summed E-state index contributed by atoms with van der Waals surface area (Å²) in [4.78, 5) is 28.7. The summed E-state index contributed by atoms with van der Waals surface area (Å²) in [5, 5.41) is 0. The fourth-order valence-corrected chi connectivity index (χ4v) is 3.67. The molecule has 14 heteroatoms. The normalized spacial score (nSPS) is 13.9.